The Bertz CT molecular complexity index is 856. The maximum absolute atomic E-state index is 13.1. The van der Waals surface area contributed by atoms with Crippen molar-refractivity contribution in [1.29, 1.82) is 0 Å². The van der Waals surface area contributed by atoms with E-state index in [1.807, 2.05) is 19.9 Å². The van der Waals surface area contributed by atoms with Crippen molar-refractivity contribution >= 4 is 16.9 Å². The number of methoxy groups -OCH3 is 1. The molecule has 1 atom stereocenters. The molecule has 0 amide bonds. The van der Waals surface area contributed by atoms with E-state index < -0.39 is 6.10 Å². The van der Waals surface area contributed by atoms with Gasteiger partial charge in [-0.25, -0.2) is 0 Å². The van der Waals surface area contributed by atoms with Gasteiger partial charge in [-0.05, 0) is 26.8 Å². The maximum Gasteiger partial charge on any atom is 0.306 e. The number of hydrogen-bond acceptors (Lipinski definition) is 5. The van der Waals surface area contributed by atoms with Gasteiger partial charge in [-0.1, -0.05) is 30.7 Å². The summed E-state index contributed by atoms with van der Waals surface area (Å²) < 4.78 is 16.4. The highest BCUT2D eigenvalue weighted by molar-refractivity contribution is 5.82. The fraction of sp³-hybridized carbons (Fsp3) is 0.400. The second kappa shape index (κ2) is 8.01. The zero-order valence-electron chi connectivity index (χ0n) is 15.3. The van der Waals surface area contributed by atoms with Crippen LogP contribution in [0.3, 0.4) is 0 Å². The molecule has 2 aromatic rings. The number of carbonyl (C=O) groups excluding carboxylic acids is 1. The van der Waals surface area contributed by atoms with E-state index in [2.05, 4.69) is 0 Å². The van der Waals surface area contributed by atoms with E-state index in [0.29, 0.717) is 28.5 Å². The number of allylic oxidation sites excluding steroid dienone is 2. The molecular formula is C20H24O5. The van der Waals surface area contributed by atoms with Crippen LogP contribution in [-0.4, -0.2) is 13.1 Å². The van der Waals surface area contributed by atoms with Crippen molar-refractivity contribution in [1.82, 2.24) is 0 Å². The molecule has 0 radical (unpaired) electrons. The van der Waals surface area contributed by atoms with Crippen molar-refractivity contribution in [2.45, 2.75) is 46.6 Å². The third-order valence-corrected chi connectivity index (χ3v) is 3.94. The summed E-state index contributed by atoms with van der Waals surface area (Å²) in [5.74, 6) is -0.0995. The molecule has 0 saturated carbocycles. The summed E-state index contributed by atoms with van der Waals surface area (Å²) in [5.41, 5.74) is 2.44. The van der Waals surface area contributed by atoms with Gasteiger partial charge in [0.15, 0.2) is 0 Å². The van der Waals surface area contributed by atoms with Crippen molar-refractivity contribution in [2.75, 3.05) is 7.11 Å². The highest BCUT2D eigenvalue weighted by atomic mass is 16.6. The van der Waals surface area contributed by atoms with Crippen LogP contribution in [0.15, 0.2) is 39.1 Å². The fourth-order valence-electron chi connectivity index (χ4n) is 2.61. The predicted octanol–water partition coefficient (Wildman–Crippen LogP) is 4.32. The van der Waals surface area contributed by atoms with E-state index in [1.165, 1.54) is 7.11 Å². The quantitative estimate of drug-likeness (QED) is 0.576. The SMILES string of the molecule is CCC(=O)O[C@H](C)c1cccc2oc(OC)c(CC=C(C)C)c(=O)c12. The van der Waals surface area contributed by atoms with Crippen molar-refractivity contribution in [2.24, 2.45) is 0 Å². The summed E-state index contributed by atoms with van der Waals surface area (Å²) in [5, 5.41) is 0.428. The summed E-state index contributed by atoms with van der Waals surface area (Å²) in [4.78, 5) is 24.7. The van der Waals surface area contributed by atoms with Crippen LogP contribution >= 0.6 is 0 Å². The molecule has 0 unspecified atom stereocenters. The molecule has 5 heteroatoms. The van der Waals surface area contributed by atoms with Gasteiger partial charge in [-0.2, -0.15) is 0 Å². The molecule has 134 valence electrons. The number of rotatable bonds is 6. The van der Waals surface area contributed by atoms with Gasteiger partial charge in [-0.15, -0.1) is 0 Å². The molecule has 0 bridgehead atoms. The minimum absolute atomic E-state index is 0.161. The van der Waals surface area contributed by atoms with Crippen molar-refractivity contribution in [3.63, 3.8) is 0 Å². The van der Waals surface area contributed by atoms with Crippen molar-refractivity contribution in [3.8, 4) is 5.95 Å². The van der Waals surface area contributed by atoms with Gasteiger partial charge in [0.1, 0.15) is 11.7 Å². The monoisotopic (exact) mass is 344 g/mol. The molecule has 1 aromatic heterocycles. The number of hydrogen-bond donors (Lipinski definition) is 0. The number of ether oxygens (including phenoxy) is 2. The zero-order chi connectivity index (χ0) is 18.6. The first-order chi connectivity index (χ1) is 11.9. The van der Waals surface area contributed by atoms with E-state index >= 15 is 0 Å². The number of esters is 1. The first-order valence-corrected chi connectivity index (χ1v) is 8.34. The lowest BCUT2D eigenvalue weighted by Gasteiger charge is -2.16. The van der Waals surface area contributed by atoms with Crippen LogP contribution in [0.4, 0.5) is 0 Å². The first kappa shape index (κ1) is 18.8. The lowest BCUT2D eigenvalue weighted by Crippen LogP contribution is -2.15. The number of carbonyl (C=O) groups is 1. The molecule has 25 heavy (non-hydrogen) atoms. The Morgan fingerprint density at radius 2 is 2.04 bits per heavy atom. The molecule has 0 spiro atoms. The van der Waals surface area contributed by atoms with E-state index in [1.54, 1.807) is 32.0 Å². The van der Waals surface area contributed by atoms with E-state index in [0.717, 1.165) is 5.57 Å². The fourth-order valence-corrected chi connectivity index (χ4v) is 2.61. The van der Waals surface area contributed by atoms with Crippen molar-refractivity contribution < 1.29 is 18.7 Å². The topological polar surface area (TPSA) is 65.7 Å². The predicted molar refractivity (Wildman–Crippen MR) is 97.0 cm³/mol. The molecule has 1 heterocycles. The minimum atomic E-state index is -0.538. The van der Waals surface area contributed by atoms with Crippen LogP contribution in [0.5, 0.6) is 5.95 Å². The van der Waals surface area contributed by atoms with Gasteiger partial charge in [0.05, 0.1) is 18.1 Å². The molecule has 5 nitrogen and oxygen atoms in total. The van der Waals surface area contributed by atoms with Crippen LogP contribution in [0.25, 0.3) is 11.0 Å². The number of benzene rings is 1. The third kappa shape index (κ3) is 4.10. The van der Waals surface area contributed by atoms with Gasteiger partial charge < -0.3 is 13.9 Å². The highest BCUT2D eigenvalue weighted by Crippen LogP contribution is 2.29. The van der Waals surface area contributed by atoms with Gasteiger partial charge in [0.25, 0.3) is 5.95 Å². The van der Waals surface area contributed by atoms with E-state index in [4.69, 9.17) is 13.9 Å². The highest BCUT2D eigenvalue weighted by Gasteiger charge is 2.20. The second-order valence-electron chi connectivity index (χ2n) is 6.09. The Kier molecular flexibility index (Phi) is 6.02. The smallest absolute Gasteiger partial charge is 0.306 e. The van der Waals surface area contributed by atoms with Crippen LogP contribution in [0.1, 0.15) is 51.3 Å². The summed E-state index contributed by atoms with van der Waals surface area (Å²) >= 11 is 0. The Hall–Kier alpha value is -2.56. The first-order valence-electron chi connectivity index (χ1n) is 8.34. The summed E-state index contributed by atoms with van der Waals surface area (Å²) in [7, 11) is 1.48. The largest absolute Gasteiger partial charge is 0.468 e. The van der Waals surface area contributed by atoms with Gasteiger partial charge in [0, 0.05) is 18.4 Å². The van der Waals surface area contributed by atoms with Gasteiger partial charge in [-0.3, -0.25) is 9.59 Å². The summed E-state index contributed by atoms with van der Waals surface area (Å²) in [6, 6.07) is 5.26. The lowest BCUT2D eigenvalue weighted by molar-refractivity contribution is -0.148. The molecule has 0 aliphatic heterocycles. The van der Waals surface area contributed by atoms with E-state index in [-0.39, 0.29) is 23.8 Å². The van der Waals surface area contributed by atoms with Crippen LogP contribution in [-0.2, 0) is 16.0 Å². The lowest BCUT2D eigenvalue weighted by atomic mass is 10.0. The summed E-state index contributed by atoms with van der Waals surface area (Å²) in [6.07, 6.45) is 2.11. The second-order valence-corrected chi connectivity index (χ2v) is 6.09. The Morgan fingerprint density at radius 3 is 2.64 bits per heavy atom. The average Bonchev–Trinajstić information content (AvgIpc) is 2.59. The normalized spacial score (nSPS) is 11.9. The molecule has 2 rings (SSSR count). The molecule has 1 aromatic carbocycles. The van der Waals surface area contributed by atoms with Crippen LogP contribution < -0.4 is 10.2 Å². The minimum Gasteiger partial charge on any atom is -0.468 e. The van der Waals surface area contributed by atoms with Crippen LogP contribution in [0.2, 0.25) is 0 Å². The average molecular weight is 344 g/mol. The Morgan fingerprint density at radius 1 is 1.32 bits per heavy atom. The molecule has 0 fully saturated rings. The van der Waals surface area contributed by atoms with Gasteiger partial charge >= 0.3 is 5.97 Å². The molecule has 0 N–H and O–H groups in total. The molecular weight excluding hydrogens is 320 g/mol. The standard InChI is InChI=1S/C20H24O5/c1-6-17(21)24-13(4)14-8-7-9-16-18(14)19(22)15(11-10-12(2)3)20(23-5)25-16/h7-10,13H,6,11H2,1-5H3/t13-/m1/s1. The third-order valence-electron chi connectivity index (χ3n) is 3.94. The molecule has 0 aliphatic rings. The zero-order valence-corrected chi connectivity index (χ0v) is 15.3. The molecule has 0 aliphatic carbocycles. The maximum atomic E-state index is 13.1. The Balaban J connectivity index is 2.66. The van der Waals surface area contributed by atoms with E-state index in [9.17, 15) is 9.59 Å². The number of fused-ring (bicyclic) bond motifs is 1. The van der Waals surface area contributed by atoms with Crippen LogP contribution in [0, 0.1) is 0 Å². The van der Waals surface area contributed by atoms with Crippen molar-refractivity contribution in [3.05, 3.63) is 51.2 Å². The van der Waals surface area contributed by atoms with Gasteiger partial charge in [0.2, 0.25) is 5.43 Å². The summed E-state index contributed by atoms with van der Waals surface area (Å²) in [6.45, 7) is 7.41. The Labute approximate surface area is 147 Å². The molecule has 0 saturated heterocycles.